The molecule has 0 amide bonds. The van der Waals surface area contributed by atoms with E-state index in [9.17, 15) is 4.39 Å². The van der Waals surface area contributed by atoms with Gasteiger partial charge in [0.25, 0.3) is 0 Å². The summed E-state index contributed by atoms with van der Waals surface area (Å²) in [6.07, 6.45) is 7.14. The summed E-state index contributed by atoms with van der Waals surface area (Å²) in [6, 6.07) is 10.7. The molecule has 3 aromatic heterocycles. The monoisotopic (exact) mass is 263 g/mol. The topological polar surface area (TPSA) is 30.7 Å². The molecule has 0 fully saturated rings. The normalized spacial score (nSPS) is 11.2. The second kappa shape index (κ2) is 4.13. The van der Waals surface area contributed by atoms with Crippen LogP contribution in [0.5, 0.6) is 0 Å². The standard InChI is InChI=1S/C16H10FN3/c17-14-3-1-2-12-9-19-16(8-13(12)14)20-7-5-11-4-6-18-10-15(11)20/h1-10H. The minimum Gasteiger partial charge on any atom is -0.300 e. The lowest BCUT2D eigenvalue weighted by atomic mass is 10.1. The summed E-state index contributed by atoms with van der Waals surface area (Å²) >= 11 is 0. The fourth-order valence-electron chi connectivity index (χ4n) is 2.43. The van der Waals surface area contributed by atoms with E-state index in [2.05, 4.69) is 9.97 Å². The van der Waals surface area contributed by atoms with E-state index in [0.717, 1.165) is 16.3 Å². The molecule has 3 heterocycles. The molecule has 20 heavy (non-hydrogen) atoms. The number of hydrogen-bond donors (Lipinski definition) is 0. The lowest BCUT2D eigenvalue weighted by Crippen LogP contribution is -1.96. The maximum Gasteiger partial charge on any atom is 0.137 e. The van der Waals surface area contributed by atoms with Crippen molar-refractivity contribution in [3.8, 4) is 5.82 Å². The molecular formula is C16H10FN3. The highest BCUT2D eigenvalue weighted by Gasteiger charge is 2.07. The van der Waals surface area contributed by atoms with Crippen molar-refractivity contribution in [2.45, 2.75) is 0 Å². The van der Waals surface area contributed by atoms with Gasteiger partial charge in [-0.15, -0.1) is 0 Å². The second-order valence-corrected chi connectivity index (χ2v) is 4.62. The van der Waals surface area contributed by atoms with Crippen LogP contribution in [0.15, 0.2) is 61.2 Å². The van der Waals surface area contributed by atoms with E-state index in [1.54, 1.807) is 30.7 Å². The first-order valence-corrected chi connectivity index (χ1v) is 6.29. The van der Waals surface area contributed by atoms with Gasteiger partial charge in [-0.2, -0.15) is 0 Å². The van der Waals surface area contributed by atoms with Crippen LogP contribution in [0.4, 0.5) is 4.39 Å². The summed E-state index contributed by atoms with van der Waals surface area (Å²) in [7, 11) is 0. The van der Waals surface area contributed by atoms with E-state index in [4.69, 9.17) is 0 Å². The lowest BCUT2D eigenvalue weighted by Gasteiger charge is -2.06. The third-order valence-electron chi connectivity index (χ3n) is 3.44. The summed E-state index contributed by atoms with van der Waals surface area (Å²) in [5, 5.41) is 2.45. The molecule has 4 rings (SSSR count). The number of rotatable bonds is 1. The zero-order valence-corrected chi connectivity index (χ0v) is 10.5. The average molecular weight is 263 g/mol. The van der Waals surface area contributed by atoms with Crippen molar-refractivity contribution in [3.63, 3.8) is 0 Å². The van der Waals surface area contributed by atoms with Crippen LogP contribution in [0.3, 0.4) is 0 Å². The number of fused-ring (bicyclic) bond motifs is 2. The van der Waals surface area contributed by atoms with Crippen molar-refractivity contribution in [1.29, 1.82) is 0 Å². The van der Waals surface area contributed by atoms with Gasteiger partial charge in [0.15, 0.2) is 0 Å². The van der Waals surface area contributed by atoms with E-state index >= 15 is 0 Å². The Kier molecular flexibility index (Phi) is 2.29. The van der Waals surface area contributed by atoms with Crippen LogP contribution in [0.1, 0.15) is 0 Å². The predicted molar refractivity (Wildman–Crippen MR) is 76.3 cm³/mol. The quantitative estimate of drug-likeness (QED) is 0.524. The first-order chi connectivity index (χ1) is 9.83. The molecular weight excluding hydrogens is 253 g/mol. The summed E-state index contributed by atoms with van der Waals surface area (Å²) < 4.78 is 15.8. The maximum atomic E-state index is 13.9. The van der Waals surface area contributed by atoms with Crippen LogP contribution in [0, 0.1) is 5.82 Å². The molecule has 0 aliphatic heterocycles. The first kappa shape index (κ1) is 11.1. The number of halogens is 1. The first-order valence-electron chi connectivity index (χ1n) is 6.29. The third kappa shape index (κ3) is 1.58. The summed E-state index contributed by atoms with van der Waals surface area (Å²) in [5.41, 5.74) is 0.954. The van der Waals surface area contributed by atoms with Gasteiger partial charge in [0.05, 0.1) is 11.7 Å². The molecule has 0 radical (unpaired) electrons. The fraction of sp³-hybridized carbons (Fsp3) is 0. The highest BCUT2D eigenvalue weighted by atomic mass is 19.1. The van der Waals surface area contributed by atoms with Crippen molar-refractivity contribution in [2.75, 3.05) is 0 Å². The Morgan fingerprint density at radius 3 is 2.90 bits per heavy atom. The van der Waals surface area contributed by atoms with Gasteiger partial charge in [-0.1, -0.05) is 12.1 Å². The molecule has 1 aromatic carbocycles. The Balaban J connectivity index is 2.00. The van der Waals surface area contributed by atoms with Gasteiger partial charge in [-0.05, 0) is 24.3 Å². The Hall–Kier alpha value is -2.75. The van der Waals surface area contributed by atoms with E-state index in [-0.39, 0.29) is 5.82 Å². The van der Waals surface area contributed by atoms with E-state index in [1.165, 1.54) is 6.07 Å². The minimum atomic E-state index is -0.235. The Bertz CT molecular complexity index is 927. The number of nitrogens with zero attached hydrogens (tertiary/aromatic N) is 3. The van der Waals surface area contributed by atoms with Crippen LogP contribution < -0.4 is 0 Å². The maximum absolute atomic E-state index is 13.9. The molecule has 0 saturated heterocycles. The van der Waals surface area contributed by atoms with Gasteiger partial charge >= 0.3 is 0 Å². The van der Waals surface area contributed by atoms with Crippen LogP contribution >= 0.6 is 0 Å². The van der Waals surface area contributed by atoms with Crippen LogP contribution in [-0.2, 0) is 0 Å². The van der Waals surface area contributed by atoms with Gasteiger partial charge in [0, 0.05) is 34.7 Å². The Morgan fingerprint density at radius 1 is 1.00 bits per heavy atom. The molecule has 4 aromatic rings. The average Bonchev–Trinajstić information content (AvgIpc) is 2.91. The number of aromatic nitrogens is 3. The Labute approximate surface area is 114 Å². The molecule has 0 aliphatic carbocycles. The molecule has 96 valence electrons. The van der Waals surface area contributed by atoms with Gasteiger partial charge in [0.1, 0.15) is 11.6 Å². The molecule has 0 atom stereocenters. The summed E-state index contributed by atoms with van der Waals surface area (Å²) in [5.74, 6) is 0.450. The van der Waals surface area contributed by atoms with Crippen molar-refractivity contribution < 1.29 is 4.39 Å². The predicted octanol–water partition coefficient (Wildman–Crippen LogP) is 3.71. The van der Waals surface area contributed by atoms with Gasteiger partial charge in [0.2, 0.25) is 0 Å². The van der Waals surface area contributed by atoms with Crippen molar-refractivity contribution in [3.05, 3.63) is 67.0 Å². The van der Waals surface area contributed by atoms with E-state index in [0.29, 0.717) is 11.2 Å². The molecule has 0 aliphatic rings. The summed E-state index contributed by atoms with van der Waals surface area (Å²) in [6.45, 7) is 0. The van der Waals surface area contributed by atoms with Crippen LogP contribution in [-0.4, -0.2) is 14.5 Å². The smallest absolute Gasteiger partial charge is 0.137 e. The zero-order chi connectivity index (χ0) is 13.5. The number of pyridine rings is 2. The minimum absolute atomic E-state index is 0.235. The van der Waals surface area contributed by atoms with Gasteiger partial charge in [-0.25, -0.2) is 9.37 Å². The van der Waals surface area contributed by atoms with Crippen LogP contribution in [0.2, 0.25) is 0 Å². The second-order valence-electron chi connectivity index (χ2n) is 4.62. The molecule has 0 N–H and O–H groups in total. The SMILES string of the molecule is Fc1cccc2cnc(-n3ccc4ccncc43)cc12. The fourth-order valence-corrected chi connectivity index (χ4v) is 2.43. The van der Waals surface area contributed by atoms with Gasteiger partial charge in [-0.3, -0.25) is 9.55 Å². The molecule has 0 bridgehead atoms. The van der Waals surface area contributed by atoms with Gasteiger partial charge < -0.3 is 0 Å². The van der Waals surface area contributed by atoms with E-state index < -0.39 is 0 Å². The van der Waals surface area contributed by atoms with Crippen molar-refractivity contribution in [2.24, 2.45) is 0 Å². The third-order valence-corrected chi connectivity index (χ3v) is 3.44. The lowest BCUT2D eigenvalue weighted by molar-refractivity contribution is 0.639. The molecule has 4 heteroatoms. The zero-order valence-electron chi connectivity index (χ0n) is 10.5. The highest BCUT2D eigenvalue weighted by Crippen LogP contribution is 2.22. The van der Waals surface area contributed by atoms with Crippen molar-refractivity contribution in [1.82, 2.24) is 14.5 Å². The summed E-state index contributed by atoms with van der Waals surface area (Å²) in [4.78, 5) is 8.54. The molecule has 3 nitrogen and oxygen atoms in total. The molecule has 0 spiro atoms. The number of hydrogen-bond acceptors (Lipinski definition) is 2. The Morgan fingerprint density at radius 2 is 1.95 bits per heavy atom. The number of benzene rings is 1. The largest absolute Gasteiger partial charge is 0.300 e. The molecule has 0 saturated carbocycles. The van der Waals surface area contributed by atoms with Crippen LogP contribution in [0.25, 0.3) is 27.5 Å². The molecule has 0 unspecified atom stereocenters. The highest BCUT2D eigenvalue weighted by molar-refractivity contribution is 5.85. The van der Waals surface area contributed by atoms with E-state index in [1.807, 2.05) is 29.0 Å². The van der Waals surface area contributed by atoms with Crippen molar-refractivity contribution >= 4 is 21.7 Å².